The Hall–Kier alpha value is -0.270. The molecule has 1 aromatic carbocycles. The van der Waals surface area contributed by atoms with Gasteiger partial charge in [-0.05, 0) is 54.0 Å². The zero-order valence-corrected chi connectivity index (χ0v) is 10.0. The molecule has 0 bridgehead atoms. The van der Waals surface area contributed by atoms with Crippen molar-refractivity contribution in [2.45, 2.75) is 19.3 Å². The summed E-state index contributed by atoms with van der Waals surface area (Å²) in [4.78, 5) is 0. The Morgan fingerprint density at radius 2 is 2.07 bits per heavy atom. The number of benzene rings is 1. The summed E-state index contributed by atoms with van der Waals surface area (Å²) in [7, 11) is 0. The molecule has 0 radical (unpaired) electrons. The number of hydrogen-bond acceptors (Lipinski definition) is 0. The molecule has 0 aliphatic heterocycles. The first-order valence-electron chi connectivity index (χ1n) is 4.94. The predicted octanol–water partition coefficient (Wildman–Crippen LogP) is 4.45. The van der Waals surface area contributed by atoms with E-state index in [1.165, 1.54) is 29.5 Å². The maximum Gasteiger partial charge on any atom is 0.0423 e. The fourth-order valence-corrected chi connectivity index (χ4v) is 3.14. The van der Waals surface area contributed by atoms with Crippen LogP contribution in [-0.4, -0.2) is 0 Å². The average Bonchev–Trinajstić information content (AvgIpc) is 2.87. The van der Waals surface area contributed by atoms with Crippen LogP contribution in [0.1, 0.15) is 24.0 Å². The zero-order valence-electron chi connectivity index (χ0n) is 7.69. The van der Waals surface area contributed by atoms with Crippen LogP contribution in [0.5, 0.6) is 0 Å². The lowest BCUT2D eigenvalue weighted by Crippen LogP contribution is -1.88. The van der Waals surface area contributed by atoms with Gasteiger partial charge in [-0.2, -0.15) is 0 Å². The Kier molecular flexibility index (Phi) is 2.00. The average molecular weight is 270 g/mol. The van der Waals surface area contributed by atoms with E-state index < -0.39 is 0 Å². The maximum atomic E-state index is 6.06. The second kappa shape index (κ2) is 3.11. The lowest BCUT2D eigenvalue weighted by molar-refractivity contribution is 1.15. The Bertz CT molecular complexity index is 430. The van der Waals surface area contributed by atoms with Crippen molar-refractivity contribution in [3.05, 3.63) is 38.8 Å². The van der Waals surface area contributed by atoms with E-state index >= 15 is 0 Å². The Morgan fingerprint density at radius 3 is 2.79 bits per heavy atom. The molecule has 0 amide bonds. The van der Waals surface area contributed by atoms with Gasteiger partial charge in [0.15, 0.2) is 0 Å². The summed E-state index contributed by atoms with van der Waals surface area (Å²) in [6.45, 7) is 0. The molecule has 0 aromatic heterocycles. The third-order valence-electron chi connectivity index (χ3n) is 3.01. The topological polar surface area (TPSA) is 0 Å². The molecule has 0 nitrogen and oxygen atoms in total. The number of allylic oxidation sites excluding steroid dienone is 2. The first kappa shape index (κ1) is 8.99. The molecule has 0 N–H and O–H groups in total. The summed E-state index contributed by atoms with van der Waals surface area (Å²) in [6, 6.07) is 4.10. The van der Waals surface area contributed by atoms with Gasteiger partial charge in [-0.1, -0.05) is 33.6 Å². The van der Waals surface area contributed by atoms with E-state index in [1.807, 2.05) is 6.07 Å². The highest BCUT2D eigenvalue weighted by Crippen LogP contribution is 2.47. The van der Waals surface area contributed by atoms with Crippen LogP contribution in [-0.2, 0) is 6.42 Å². The minimum atomic E-state index is 0.821. The van der Waals surface area contributed by atoms with Crippen LogP contribution in [0.15, 0.2) is 22.7 Å². The molecule has 1 aromatic rings. The molecule has 14 heavy (non-hydrogen) atoms. The van der Waals surface area contributed by atoms with Gasteiger partial charge in [0, 0.05) is 9.50 Å². The normalized spacial score (nSPS) is 19.4. The predicted molar refractivity (Wildman–Crippen MR) is 63.6 cm³/mol. The fourth-order valence-electron chi connectivity index (χ4n) is 2.17. The Labute approximate surface area is 97.1 Å². The highest BCUT2D eigenvalue weighted by molar-refractivity contribution is 9.10. The molecule has 0 saturated heterocycles. The van der Waals surface area contributed by atoms with Gasteiger partial charge in [-0.25, -0.2) is 0 Å². The van der Waals surface area contributed by atoms with Crippen molar-refractivity contribution in [2.75, 3.05) is 0 Å². The molecule has 1 fully saturated rings. The highest BCUT2D eigenvalue weighted by Gasteiger charge is 2.30. The molecular weight excluding hydrogens is 259 g/mol. The van der Waals surface area contributed by atoms with Crippen molar-refractivity contribution in [1.29, 1.82) is 0 Å². The van der Waals surface area contributed by atoms with E-state index in [-0.39, 0.29) is 0 Å². The quantitative estimate of drug-likeness (QED) is 0.706. The highest BCUT2D eigenvalue weighted by atomic mass is 79.9. The number of fused-ring (bicyclic) bond motifs is 1. The van der Waals surface area contributed by atoms with Gasteiger partial charge in [0.2, 0.25) is 0 Å². The second-order valence-electron chi connectivity index (χ2n) is 4.05. The van der Waals surface area contributed by atoms with Crippen molar-refractivity contribution >= 4 is 33.1 Å². The zero-order chi connectivity index (χ0) is 9.71. The molecule has 0 spiro atoms. The molecular formula is C12H10BrCl. The van der Waals surface area contributed by atoms with Crippen LogP contribution in [0.2, 0.25) is 5.02 Å². The van der Waals surface area contributed by atoms with Crippen molar-refractivity contribution in [3.8, 4) is 0 Å². The van der Waals surface area contributed by atoms with Gasteiger partial charge in [0.1, 0.15) is 0 Å². The van der Waals surface area contributed by atoms with E-state index in [0.29, 0.717) is 0 Å². The minimum Gasteiger partial charge on any atom is -0.0843 e. The maximum absolute atomic E-state index is 6.06. The fraction of sp³-hybridized carbons (Fsp3) is 0.333. The molecule has 0 unspecified atom stereocenters. The van der Waals surface area contributed by atoms with Gasteiger partial charge in [0.25, 0.3) is 0 Å². The third-order valence-corrected chi connectivity index (χ3v) is 3.94. The van der Waals surface area contributed by atoms with E-state index in [0.717, 1.165) is 21.8 Å². The van der Waals surface area contributed by atoms with Crippen molar-refractivity contribution in [2.24, 2.45) is 5.92 Å². The van der Waals surface area contributed by atoms with Gasteiger partial charge >= 0.3 is 0 Å². The minimum absolute atomic E-state index is 0.821. The molecule has 2 aliphatic carbocycles. The molecule has 72 valence electrons. The summed E-state index contributed by atoms with van der Waals surface area (Å²) in [6.07, 6.45) is 6.15. The first-order chi connectivity index (χ1) is 6.75. The van der Waals surface area contributed by atoms with Crippen LogP contribution in [0.25, 0.3) is 5.57 Å². The summed E-state index contributed by atoms with van der Waals surface area (Å²) < 4.78 is 1.16. The smallest absolute Gasteiger partial charge is 0.0423 e. The molecule has 0 atom stereocenters. The van der Waals surface area contributed by atoms with Crippen molar-refractivity contribution in [1.82, 2.24) is 0 Å². The largest absolute Gasteiger partial charge is 0.0843 e. The van der Waals surface area contributed by atoms with Crippen molar-refractivity contribution < 1.29 is 0 Å². The molecule has 2 aliphatic rings. The van der Waals surface area contributed by atoms with Crippen molar-refractivity contribution in [3.63, 3.8) is 0 Å². The summed E-state index contributed by atoms with van der Waals surface area (Å²) in [5.41, 5.74) is 4.33. The number of rotatable bonds is 1. The van der Waals surface area contributed by atoms with Crippen LogP contribution in [0.3, 0.4) is 0 Å². The van der Waals surface area contributed by atoms with Gasteiger partial charge in [0.05, 0.1) is 0 Å². The van der Waals surface area contributed by atoms with Gasteiger partial charge in [-0.3, -0.25) is 0 Å². The van der Waals surface area contributed by atoms with E-state index in [9.17, 15) is 0 Å². The molecule has 2 heteroatoms. The third kappa shape index (κ3) is 1.34. The van der Waals surface area contributed by atoms with Gasteiger partial charge in [-0.15, -0.1) is 0 Å². The SMILES string of the molecule is Clc1cc(Br)c2c(c1)C(C1CC1)=CC2. The second-order valence-corrected chi connectivity index (χ2v) is 5.34. The standard InChI is InChI=1S/C12H10BrCl/c13-12-6-8(14)5-11-9(7-1-2-7)3-4-10(11)12/h3,5-7H,1-2,4H2. The monoisotopic (exact) mass is 268 g/mol. The van der Waals surface area contributed by atoms with Crippen LogP contribution in [0.4, 0.5) is 0 Å². The summed E-state index contributed by atoms with van der Waals surface area (Å²) in [5, 5.41) is 0.837. The molecule has 1 saturated carbocycles. The van der Waals surface area contributed by atoms with E-state index in [4.69, 9.17) is 11.6 Å². The Morgan fingerprint density at radius 1 is 1.29 bits per heavy atom. The molecule has 0 heterocycles. The van der Waals surface area contributed by atoms with Crippen LogP contribution >= 0.6 is 27.5 Å². The number of halogens is 2. The lowest BCUT2D eigenvalue weighted by atomic mass is 10.0. The van der Waals surface area contributed by atoms with Gasteiger partial charge < -0.3 is 0 Å². The molecule has 3 rings (SSSR count). The Balaban J connectivity index is 2.13. The first-order valence-corrected chi connectivity index (χ1v) is 6.11. The van der Waals surface area contributed by atoms with E-state index in [1.54, 1.807) is 0 Å². The summed E-state index contributed by atoms with van der Waals surface area (Å²) in [5.74, 6) is 0.821. The summed E-state index contributed by atoms with van der Waals surface area (Å²) >= 11 is 9.64. The lowest BCUT2D eigenvalue weighted by Gasteiger charge is -2.07. The van der Waals surface area contributed by atoms with Crippen LogP contribution < -0.4 is 0 Å². The van der Waals surface area contributed by atoms with E-state index in [2.05, 4.69) is 28.1 Å². The number of hydrogen-bond donors (Lipinski definition) is 0. The van der Waals surface area contributed by atoms with Crippen LogP contribution in [0, 0.1) is 5.92 Å².